The van der Waals surface area contributed by atoms with E-state index in [4.69, 9.17) is 0 Å². The molecule has 2 heteroatoms. The summed E-state index contributed by atoms with van der Waals surface area (Å²) < 4.78 is 4.84. The van der Waals surface area contributed by atoms with E-state index in [0.29, 0.717) is 0 Å². The molecule has 12 rings (SSSR count). The Kier molecular flexibility index (Phi) is 6.09. The van der Waals surface area contributed by atoms with Crippen LogP contribution in [0, 0.1) is 0 Å². The molecule has 2 nitrogen and oxygen atoms in total. The Morgan fingerprint density at radius 2 is 0.667 bits per heavy atom. The predicted molar refractivity (Wildman–Crippen MR) is 230 cm³/mol. The number of hydrogen-bond acceptors (Lipinski definition) is 0. The lowest BCUT2D eigenvalue weighted by molar-refractivity contribution is 1.15. The van der Waals surface area contributed by atoms with Crippen LogP contribution < -0.4 is 0 Å². The van der Waals surface area contributed by atoms with E-state index in [1.165, 1.54) is 98.2 Å². The summed E-state index contributed by atoms with van der Waals surface area (Å²) in [6.07, 6.45) is 0. The molecule has 0 aliphatic heterocycles. The average Bonchev–Trinajstić information content (AvgIpc) is 3.75. The van der Waals surface area contributed by atoms with Crippen molar-refractivity contribution >= 4 is 75.9 Å². The summed E-state index contributed by atoms with van der Waals surface area (Å²) in [6.45, 7) is 0. The second-order valence-corrected chi connectivity index (χ2v) is 14.5. The molecule has 0 spiro atoms. The molecule has 54 heavy (non-hydrogen) atoms. The summed E-state index contributed by atoms with van der Waals surface area (Å²) >= 11 is 0. The first-order chi connectivity index (χ1) is 26.8. The molecular weight excluding hydrogens is 653 g/mol. The number of nitrogens with zero attached hydrogens (tertiary/aromatic N) is 2. The van der Waals surface area contributed by atoms with Gasteiger partial charge in [-0.05, 0) is 97.0 Å². The molecule has 12 aromatic rings. The smallest absolute Gasteiger partial charge is 0.0561 e. The standard InChI is InChI=1S/C52H32N2/c1-2-10-33(11-3-1)39-27-20-35-23-30-46-40(28-21-36-22-29-45(39)51(35)52(36)46)34-18-24-37(25-19-34)53-47-15-7-6-14-43(47)44-31-26-38(32-50(44)53)54-48-16-8-4-12-41(48)42-13-5-9-17-49(42)54/h1-32H. The molecule has 0 N–H and O–H groups in total. The minimum Gasteiger partial charge on any atom is -0.309 e. The summed E-state index contributed by atoms with van der Waals surface area (Å²) in [4.78, 5) is 0. The highest BCUT2D eigenvalue weighted by atomic mass is 15.0. The van der Waals surface area contributed by atoms with Crippen LogP contribution in [0.25, 0.3) is 110 Å². The quantitative estimate of drug-likeness (QED) is 0.163. The van der Waals surface area contributed by atoms with E-state index in [0.717, 1.165) is 11.4 Å². The average molecular weight is 685 g/mol. The molecule has 0 aliphatic carbocycles. The summed E-state index contributed by atoms with van der Waals surface area (Å²) in [5.74, 6) is 0. The third-order valence-corrected chi connectivity index (χ3v) is 11.7. The van der Waals surface area contributed by atoms with Gasteiger partial charge in [-0.15, -0.1) is 0 Å². The van der Waals surface area contributed by atoms with Crippen LogP contribution in [-0.4, -0.2) is 9.13 Å². The topological polar surface area (TPSA) is 9.86 Å². The maximum atomic E-state index is 2.43. The zero-order valence-corrected chi connectivity index (χ0v) is 29.4. The van der Waals surface area contributed by atoms with Crippen molar-refractivity contribution in [3.8, 4) is 33.6 Å². The van der Waals surface area contributed by atoms with Gasteiger partial charge in [0.1, 0.15) is 0 Å². The maximum Gasteiger partial charge on any atom is 0.0561 e. The second-order valence-electron chi connectivity index (χ2n) is 14.5. The van der Waals surface area contributed by atoms with Crippen LogP contribution in [-0.2, 0) is 0 Å². The van der Waals surface area contributed by atoms with E-state index in [-0.39, 0.29) is 0 Å². The summed E-state index contributed by atoms with van der Waals surface area (Å²) in [5, 5.41) is 12.9. The number of para-hydroxylation sites is 3. The van der Waals surface area contributed by atoms with Crippen LogP contribution in [0.5, 0.6) is 0 Å². The molecule has 2 heterocycles. The maximum absolute atomic E-state index is 2.43. The highest BCUT2D eigenvalue weighted by Gasteiger charge is 2.18. The molecule has 0 atom stereocenters. The first-order valence-corrected chi connectivity index (χ1v) is 18.7. The van der Waals surface area contributed by atoms with Crippen LogP contribution in [0.3, 0.4) is 0 Å². The van der Waals surface area contributed by atoms with E-state index >= 15 is 0 Å². The van der Waals surface area contributed by atoms with Crippen molar-refractivity contribution in [2.45, 2.75) is 0 Å². The molecule has 0 radical (unpaired) electrons. The number of hydrogen-bond donors (Lipinski definition) is 0. The molecule has 0 saturated carbocycles. The van der Waals surface area contributed by atoms with Crippen LogP contribution in [0.2, 0.25) is 0 Å². The molecule has 0 aliphatic rings. The SMILES string of the molecule is c1ccc(-c2ccc3ccc4c(-c5ccc(-n6c7ccccc7c7ccc(-n8c9ccccc9c9ccccc98)cc76)cc5)ccc5ccc2c3c54)cc1. The Morgan fingerprint density at radius 3 is 1.22 bits per heavy atom. The number of rotatable bonds is 4. The molecule has 0 saturated heterocycles. The van der Waals surface area contributed by atoms with Gasteiger partial charge in [-0.1, -0.05) is 152 Å². The monoisotopic (exact) mass is 684 g/mol. The predicted octanol–water partition coefficient (Wildman–Crippen LogP) is 14.1. The first-order valence-electron chi connectivity index (χ1n) is 18.7. The lowest BCUT2D eigenvalue weighted by Crippen LogP contribution is -1.97. The van der Waals surface area contributed by atoms with Crippen molar-refractivity contribution < 1.29 is 0 Å². The summed E-state index contributed by atoms with van der Waals surface area (Å²) in [5.41, 5.74) is 12.1. The van der Waals surface area contributed by atoms with Gasteiger partial charge in [0.15, 0.2) is 0 Å². The normalized spacial score (nSPS) is 12.1. The minimum absolute atomic E-state index is 1.15. The van der Waals surface area contributed by atoms with Gasteiger partial charge in [0.25, 0.3) is 0 Å². The summed E-state index contributed by atoms with van der Waals surface area (Å²) in [6, 6.07) is 71.5. The van der Waals surface area contributed by atoms with Gasteiger partial charge in [0, 0.05) is 32.9 Å². The molecule has 0 fully saturated rings. The fraction of sp³-hybridized carbons (Fsp3) is 0. The van der Waals surface area contributed by atoms with Gasteiger partial charge >= 0.3 is 0 Å². The van der Waals surface area contributed by atoms with E-state index in [2.05, 4.69) is 203 Å². The molecule has 0 amide bonds. The van der Waals surface area contributed by atoms with Crippen LogP contribution in [0.4, 0.5) is 0 Å². The fourth-order valence-corrected chi connectivity index (χ4v) is 9.29. The zero-order valence-electron chi connectivity index (χ0n) is 29.4. The van der Waals surface area contributed by atoms with Crippen molar-refractivity contribution in [1.82, 2.24) is 9.13 Å². The van der Waals surface area contributed by atoms with Crippen molar-refractivity contribution in [2.24, 2.45) is 0 Å². The highest BCUT2D eigenvalue weighted by molar-refractivity contribution is 6.27. The van der Waals surface area contributed by atoms with E-state index in [1.54, 1.807) is 0 Å². The van der Waals surface area contributed by atoms with E-state index in [1.807, 2.05) is 0 Å². The third kappa shape index (κ3) is 4.11. The van der Waals surface area contributed by atoms with Crippen molar-refractivity contribution in [1.29, 1.82) is 0 Å². The van der Waals surface area contributed by atoms with Crippen molar-refractivity contribution in [3.05, 3.63) is 194 Å². The van der Waals surface area contributed by atoms with E-state index in [9.17, 15) is 0 Å². The Balaban J connectivity index is 1.03. The molecule has 2 aromatic heterocycles. The lowest BCUT2D eigenvalue weighted by Gasteiger charge is -2.17. The Hall–Kier alpha value is -7.16. The van der Waals surface area contributed by atoms with Gasteiger partial charge in [0.2, 0.25) is 0 Å². The fourth-order valence-electron chi connectivity index (χ4n) is 9.29. The van der Waals surface area contributed by atoms with Gasteiger partial charge < -0.3 is 9.13 Å². The Bertz CT molecular complexity index is 3360. The Morgan fingerprint density at radius 1 is 0.259 bits per heavy atom. The number of benzene rings is 10. The molecular formula is C52H32N2. The summed E-state index contributed by atoms with van der Waals surface area (Å²) in [7, 11) is 0. The largest absolute Gasteiger partial charge is 0.309 e. The van der Waals surface area contributed by atoms with Crippen molar-refractivity contribution in [2.75, 3.05) is 0 Å². The van der Waals surface area contributed by atoms with Crippen molar-refractivity contribution in [3.63, 3.8) is 0 Å². The number of fused-ring (bicyclic) bond motifs is 6. The third-order valence-electron chi connectivity index (χ3n) is 11.7. The van der Waals surface area contributed by atoms with Crippen LogP contribution in [0.15, 0.2) is 194 Å². The highest BCUT2D eigenvalue weighted by Crippen LogP contribution is 2.43. The van der Waals surface area contributed by atoms with Gasteiger partial charge in [-0.3, -0.25) is 0 Å². The zero-order chi connectivity index (χ0) is 35.3. The van der Waals surface area contributed by atoms with Gasteiger partial charge in [0.05, 0.1) is 22.1 Å². The Labute approximate surface area is 311 Å². The van der Waals surface area contributed by atoms with E-state index < -0.39 is 0 Å². The number of aromatic nitrogens is 2. The lowest BCUT2D eigenvalue weighted by atomic mass is 9.87. The van der Waals surface area contributed by atoms with Gasteiger partial charge in [-0.2, -0.15) is 0 Å². The minimum atomic E-state index is 1.15. The first kappa shape index (κ1) is 29.4. The molecule has 10 aromatic carbocycles. The van der Waals surface area contributed by atoms with Crippen LogP contribution in [0.1, 0.15) is 0 Å². The molecule has 250 valence electrons. The molecule has 0 unspecified atom stereocenters. The second kappa shape index (κ2) is 11.2. The van der Waals surface area contributed by atoms with Crippen LogP contribution >= 0.6 is 0 Å². The molecule has 0 bridgehead atoms. The van der Waals surface area contributed by atoms with Gasteiger partial charge in [-0.25, -0.2) is 0 Å².